The Balaban J connectivity index is 2.30. The van der Waals surface area contributed by atoms with E-state index in [0.717, 1.165) is 12.0 Å². The van der Waals surface area contributed by atoms with Crippen LogP contribution in [-0.2, 0) is 23.0 Å². The summed E-state index contributed by atoms with van der Waals surface area (Å²) in [5, 5.41) is 0.662. The summed E-state index contributed by atoms with van der Waals surface area (Å²) in [5.41, 5.74) is 2.22. The van der Waals surface area contributed by atoms with Gasteiger partial charge in [-0.1, -0.05) is 17.7 Å². The molecule has 0 radical (unpaired) electrons. The van der Waals surface area contributed by atoms with Crippen molar-refractivity contribution < 1.29 is 8.42 Å². The molecule has 2 rings (SSSR count). The number of halogens is 1. The molecule has 5 heteroatoms. The molecule has 1 aliphatic heterocycles. The van der Waals surface area contributed by atoms with Gasteiger partial charge < -0.3 is 0 Å². The van der Waals surface area contributed by atoms with Crippen LogP contribution in [0.3, 0.4) is 0 Å². The molecule has 1 heterocycles. The molecule has 0 unspecified atom stereocenters. The number of nitrogens with zero attached hydrogens (tertiary/aromatic N) is 1. The summed E-state index contributed by atoms with van der Waals surface area (Å²) < 4.78 is 25.0. The van der Waals surface area contributed by atoms with Gasteiger partial charge in [-0.2, -0.15) is 4.31 Å². The fraction of sp³-hybridized carbons (Fsp3) is 0.455. The van der Waals surface area contributed by atoms with Crippen molar-refractivity contribution in [2.45, 2.75) is 19.9 Å². The highest BCUT2D eigenvalue weighted by atomic mass is 35.5. The fourth-order valence-electron chi connectivity index (χ4n) is 1.92. The minimum atomic E-state index is -3.09. The molecule has 0 saturated carbocycles. The van der Waals surface area contributed by atoms with Gasteiger partial charge in [0.15, 0.2) is 0 Å². The van der Waals surface area contributed by atoms with Crippen molar-refractivity contribution in [1.29, 1.82) is 0 Å². The molecule has 0 amide bonds. The van der Waals surface area contributed by atoms with E-state index >= 15 is 0 Å². The predicted octanol–water partition coefficient (Wildman–Crippen LogP) is 2.05. The summed E-state index contributed by atoms with van der Waals surface area (Å²) in [7, 11) is -3.09. The van der Waals surface area contributed by atoms with Gasteiger partial charge in [0.25, 0.3) is 0 Å². The Morgan fingerprint density at radius 2 is 2.12 bits per heavy atom. The van der Waals surface area contributed by atoms with E-state index in [1.54, 1.807) is 6.92 Å². The highest BCUT2D eigenvalue weighted by Crippen LogP contribution is 2.24. The standard InChI is InChI=1S/C11H14ClNO2S/c1-2-16(14,15)13-6-5-9-3-4-11(12)7-10(9)8-13/h3-4,7H,2,5-6,8H2,1H3. The van der Waals surface area contributed by atoms with E-state index in [2.05, 4.69) is 0 Å². The zero-order valence-corrected chi connectivity index (χ0v) is 10.7. The second-order valence-electron chi connectivity index (χ2n) is 3.90. The van der Waals surface area contributed by atoms with Crippen LogP contribution in [0.25, 0.3) is 0 Å². The number of fused-ring (bicyclic) bond motifs is 1. The van der Waals surface area contributed by atoms with Crippen LogP contribution in [0, 0.1) is 0 Å². The second-order valence-corrected chi connectivity index (χ2v) is 6.59. The highest BCUT2D eigenvalue weighted by molar-refractivity contribution is 7.89. The average molecular weight is 260 g/mol. The smallest absolute Gasteiger partial charge is 0.212 e. The van der Waals surface area contributed by atoms with Gasteiger partial charge >= 0.3 is 0 Å². The van der Waals surface area contributed by atoms with Crippen LogP contribution in [0.1, 0.15) is 18.1 Å². The maximum Gasteiger partial charge on any atom is 0.214 e. The molecule has 0 saturated heterocycles. The van der Waals surface area contributed by atoms with Crippen molar-refractivity contribution in [1.82, 2.24) is 4.31 Å². The SMILES string of the molecule is CCS(=O)(=O)N1CCc2ccc(Cl)cc2C1. The maximum absolute atomic E-state index is 11.7. The first kappa shape index (κ1) is 11.9. The Labute approximate surface area is 101 Å². The first-order chi connectivity index (χ1) is 7.53. The lowest BCUT2D eigenvalue weighted by atomic mass is 10.0. The van der Waals surface area contributed by atoms with Gasteiger partial charge in [0.2, 0.25) is 10.0 Å². The van der Waals surface area contributed by atoms with Gasteiger partial charge in [0.1, 0.15) is 0 Å². The first-order valence-corrected chi connectivity index (χ1v) is 7.27. The zero-order valence-electron chi connectivity index (χ0n) is 9.11. The molecule has 1 aromatic carbocycles. The number of sulfonamides is 1. The van der Waals surface area contributed by atoms with Gasteiger partial charge in [-0.3, -0.25) is 0 Å². The molecule has 0 bridgehead atoms. The van der Waals surface area contributed by atoms with Crippen LogP contribution in [0.15, 0.2) is 18.2 Å². The quantitative estimate of drug-likeness (QED) is 0.815. The summed E-state index contributed by atoms with van der Waals surface area (Å²) in [6.07, 6.45) is 0.770. The minimum absolute atomic E-state index is 0.156. The first-order valence-electron chi connectivity index (χ1n) is 5.28. The Morgan fingerprint density at radius 3 is 2.81 bits per heavy atom. The van der Waals surface area contributed by atoms with E-state index in [1.807, 2.05) is 18.2 Å². The summed E-state index contributed by atoms with van der Waals surface area (Å²) in [6.45, 7) is 2.69. The normalized spacial score (nSPS) is 17.1. The molecular formula is C11H14ClNO2S. The van der Waals surface area contributed by atoms with Gasteiger partial charge in [0.05, 0.1) is 5.75 Å². The lowest BCUT2D eigenvalue weighted by Gasteiger charge is -2.27. The van der Waals surface area contributed by atoms with Crippen LogP contribution in [0.4, 0.5) is 0 Å². The van der Waals surface area contributed by atoms with Crippen LogP contribution in [0.2, 0.25) is 5.02 Å². The highest BCUT2D eigenvalue weighted by Gasteiger charge is 2.24. The van der Waals surface area contributed by atoms with Crippen molar-refractivity contribution in [2.75, 3.05) is 12.3 Å². The maximum atomic E-state index is 11.7. The number of hydrogen-bond acceptors (Lipinski definition) is 2. The van der Waals surface area contributed by atoms with Crippen LogP contribution >= 0.6 is 11.6 Å². The van der Waals surface area contributed by atoms with Gasteiger partial charge in [-0.05, 0) is 36.6 Å². The second kappa shape index (κ2) is 4.35. The third-order valence-electron chi connectivity index (χ3n) is 2.90. The Bertz CT molecular complexity index is 499. The van der Waals surface area contributed by atoms with Crippen molar-refractivity contribution in [2.24, 2.45) is 0 Å². The summed E-state index contributed by atoms with van der Waals surface area (Å²) in [5.74, 6) is 0.156. The minimum Gasteiger partial charge on any atom is -0.212 e. The van der Waals surface area contributed by atoms with Crippen molar-refractivity contribution >= 4 is 21.6 Å². The fourth-order valence-corrected chi connectivity index (χ4v) is 3.18. The van der Waals surface area contributed by atoms with E-state index in [0.29, 0.717) is 18.1 Å². The van der Waals surface area contributed by atoms with Crippen LogP contribution in [-0.4, -0.2) is 25.0 Å². The van der Waals surface area contributed by atoms with E-state index in [-0.39, 0.29) is 5.75 Å². The lowest BCUT2D eigenvalue weighted by molar-refractivity contribution is 0.392. The Hall–Kier alpha value is -0.580. The molecule has 0 atom stereocenters. The van der Waals surface area contributed by atoms with Crippen LogP contribution < -0.4 is 0 Å². The van der Waals surface area contributed by atoms with Crippen molar-refractivity contribution in [3.63, 3.8) is 0 Å². The third kappa shape index (κ3) is 2.24. The van der Waals surface area contributed by atoms with E-state index < -0.39 is 10.0 Å². The average Bonchev–Trinajstić information content (AvgIpc) is 2.28. The van der Waals surface area contributed by atoms with Gasteiger partial charge in [0, 0.05) is 18.1 Å². The number of hydrogen-bond donors (Lipinski definition) is 0. The van der Waals surface area contributed by atoms with E-state index in [9.17, 15) is 8.42 Å². The predicted molar refractivity (Wildman–Crippen MR) is 65.0 cm³/mol. The van der Waals surface area contributed by atoms with Crippen molar-refractivity contribution in [3.05, 3.63) is 34.3 Å². The Kier molecular flexibility index (Phi) is 3.24. The molecule has 1 aromatic rings. The molecule has 3 nitrogen and oxygen atoms in total. The summed E-state index contributed by atoms with van der Waals surface area (Å²) >= 11 is 5.90. The molecule has 0 aliphatic carbocycles. The van der Waals surface area contributed by atoms with Crippen molar-refractivity contribution in [3.8, 4) is 0 Å². The summed E-state index contributed by atoms with van der Waals surface area (Å²) in [6, 6.07) is 5.69. The Morgan fingerprint density at radius 1 is 1.38 bits per heavy atom. The molecule has 88 valence electrons. The van der Waals surface area contributed by atoms with Gasteiger partial charge in [-0.15, -0.1) is 0 Å². The zero-order chi connectivity index (χ0) is 11.8. The largest absolute Gasteiger partial charge is 0.214 e. The number of rotatable bonds is 2. The van der Waals surface area contributed by atoms with Gasteiger partial charge in [-0.25, -0.2) is 8.42 Å². The number of benzene rings is 1. The molecule has 0 N–H and O–H groups in total. The lowest BCUT2D eigenvalue weighted by Crippen LogP contribution is -2.36. The monoisotopic (exact) mass is 259 g/mol. The van der Waals surface area contributed by atoms with Crippen LogP contribution in [0.5, 0.6) is 0 Å². The molecule has 0 spiro atoms. The molecular weight excluding hydrogens is 246 g/mol. The topological polar surface area (TPSA) is 37.4 Å². The third-order valence-corrected chi connectivity index (χ3v) is 4.97. The molecule has 16 heavy (non-hydrogen) atoms. The summed E-state index contributed by atoms with van der Waals surface area (Å²) in [4.78, 5) is 0. The molecule has 1 aliphatic rings. The molecule has 0 fully saturated rings. The van der Waals surface area contributed by atoms with E-state index in [4.69, 9.17) is 11.6 Å². The molecule has 0 aromatic heterocycles. The van der Waals surface area contributed by atoms with E-state index in [1.165, 1.54) is 9.87 Å².